The van der Waals surface area contributed by atoms with Gasteiger partial charge in [0.15, 0.2) is 21.1 Å². The van der Waals surface area contributed by atoms with Gasteiger partial charge in [-0.15, -0.1) is 0 Å². The summed E-state index contributed by atoms with van der Waals surface area (Å²) in [6.45, 7) is 0. The van der Waals surface area contributed by atoms with E-state index in [4.69, 9.17) is 10.8 Å². The van der Waals surface area contributed by atoms with Crippen molar-refractivity contribution >= 4 is 21.1 Å². The van der Waals surface area contributed by atoms with E-state index in [-0.39, 0.29) is 10.3 Å². The van der Waals surface area contributed by atoms with Gasteiger partial charge in [-0.2, -0.15) is 0 Å². The summed E-state index contributed by atoms with van der Waals surface area (Å²) in [6.07, 6.45) is 0. The minimum atomic E-state index is -1.65. The first-order chi connectivity index (χ1) is 5.37. The van der Waals surface area contributed by atoms with Gasteiger partial charge < -0.3 is 9.80 Å². The van der Waals surface area contributed by atoms with Crippen LogP contribution < -0.4 is 0 Å². The van der Waals surface area contributed by atoms with Crippen LogP contribution in [0.1, 0.15) is 0 Å². The Labute approximate surface area is 74.8 Å². The lowest BCUT2D eigenvalue weighted by Crippen LogP contribution is -2.35. The Morgan fingerprint density at radius 3 is 1.42 bits per heavy atom. The molecule has 0 aliphatic carbocycles. The van der Waals surface area contributed by atoms with Crippen LogP contribution in [0, 0.1) is 10.8 Å². The van der Waals surface area contributed by atoms with E-state index in [1.165, 1.54) is 9.80 Å². The van der Waals surface area contributed by atoms with E-state index in [2.05, 4.69) is 0 Å². The highest BCUT2D eigenvalue weighted by atomic mass is 32.2. The molecule has 0 unspecified atom stereocenters. The molecule has 0 amide bonds. The van der Waals surface area contributed by atoms with Crippen LogP contribution in [0.3, 0.4) is 0 Å². The Bertz CT molecular complexity index is 202. The van der Waals surface area contributed by atoms with Crippen LogP contribution in [0.25, 0.3) is 0 Å². The first-order valence-electron chi connectivity index (χ1n) is 3.31. The van der Waals surface area contributed by atoms with Crippen molar-refractivity contribution in [2.45, 2.75) is 0 Å². The van der Waals surface area contributed by atoms with Gasteiger partial charge in [-0.3, -0.25) is 10.8 Å². The van der Waals surface area contributed by atoms with Crippen molar-refractivity contribution in [1.82, 2.24) is 9.80 Å². The molecule has 0 rings (SSSR count). The maximum absolute atomic E-state index is 11.3. The van der Waals surface area contributed by atoms with Crippen LogP contribution in [0.15, 0.2) is 0 Å². The molecular formula is C6H14N4OS. The highest BCUT2D eigenvalue weighted by Gasteiger charge is 2.16. The van der Waals surface area contributed by atoms with Gasteiger partial charge in [0.05, 0.1) is 0 Å². The second-order valence-corrected chi connectivity index (χ2v) is 3.98. The Morgan fingerprint density at radius 1 is 1.00 bits per heavy atom. The van der Waals surface area contributed by atoms with Crippen LogP contribution in [-0.4, -0.2) is 52.5 Å². The Hall–Kier alpha value is -0.910. The average Bonchev–Trinajstić information content (AvgIpc) is 2.00. The lowest BCUT2D eigenvalue weighted by molar-refractivity contribution is 0.613. The molecule has 0 aromatic rings. The van der Waals surface area contributed by atoms with Crippen molar-refractivity contribution < 1.29 is 4.21 Å². The molecule has 0 radical (unpaired) electrons. The van der Waals surface area contributed by atoms with E-state index in [9.17, 15) is 4.21 Å². The molecule has 0 aliphatic rings. The maximum atomic E-state index is 11.3. The van der Waals surface area contributed by atoms with E-state index < -0.39 is 10.8 Å². The van der Waals surface area contributed by atoms with Gasteiger partial charge >= 0.3 is 0 Å². The molecule has 0 atom stereocenters. The van der Waals surface area contributed by atoms with Crippen molar-refractivity contribution in [3.8, 4) is 0 Å². The maximum Gasteiger partial charge on any atom is 0.195 e. The standard InChI is InChI=1S/C6H14N4OS/c1-9(2)5(7)12(11)6(8)10(3)4/h7-8H,1-4H3. The van der Waals surface area contributed by atoms with Gasteiger partial charge in [-0.05, 0) is 0 Å². The zero-order chi connectivity index (χ0) is 9.89. The molecule has 0 spiro atoms. The number of nitrogens with one attached hydrogen (secondary N) is 2. The molecule has 0 heterocycles. The van der Waals surface area contributed by atoms with Crippen LogP contribution >= 0.6 is 0 Å². The second-order valence-electron chi connectivity index (χ2n) is 2.67. The molecule has 0 aliphatic heterocycles. The van der Waals surface area contributed by atoms with Gasteiger partial charge in [0.2, 0.25) is 0 Å². The third kappa shape index (κ3) is 2.61. The molecule has 0 aromatic heterocycles. The van der Waals surface area contributed by atoms with Gasteiger partial charge in [-0.1, -0.05) is 0 Å². The summed E-state index contributed by atoms with van der Waals surface area (Å²) in [5.41, 5.74) is 0. The van der Waals surface area contributed by atoms with Gasteiger partial charge in [0.1, 0.15) is 0 Å². The Morgan fingerprint density at radius 2 is 1.25 bits per heavy atom. The van der Waals surface area contributed by atoms with Crippen LogP contribution in [0.5, 0.6) is 0 Å². The zero-order valence-electron chi connectivity index (χ0n) is 7.71. The summed E-state index contributed by atoms with van der Waals surface area (Å²) in [6, 6.07) is 0. The van der Waals surface area contributed by atoms with Crippen LogP contribution in [0.2, 0.25) is 0 Å². The molecule has 0 saturated heterocycles. The van der Waals surface area contributed by atoms with Gasteiger partial charge in [0.25, 0.3) is 0 Å². The SMILES string of the molecule is CN(C)C(=N)S(=O)C(=N)N(C)C. The summed E-state index contributed by atoms with van der Waals surface area (Å²) < 4.78 is 11.3. The van der Waals surface area contributed by atoms with Crippen LogP contribution in [-0.2, 0) is 10.8 Å². The van der Waals surface area contributed by atoms with E-state index >= 15 is 0 Å². The predicted molar refractivity (Wildman–Crippen MR) is 51.0 cm³/mol. The summed E-state index contributed by atoms with van der Waals surface area (Å²) >= 11 is 0. The minimum absolute atomic E-state index is 0.0614. The number of rotatable bonds is 0. The molecule has 2 N–H and O–H groups in total. The smallest absolute Gasteiger partial charge is 0.195 e. The summed E-state index contributed by atoms with van der Waals surface area (Å²) in [4.78, 5) is 2.85. The highest BCUT2D eigenvalue weighted by Crippen LogP contribution is 1.93. The molecule has 0 aromatic carbocycles. The predicted octanol–water partition coefficient (Wildman–Crippen LogP) is -0.272. The monoisotopic (exact) mass is 190 g/mol. The second kappa shape index (κ2) is 4.20. The average molecular weight is 190 g/mol. The first kappa shape index (κ1) is 11.1. The lowest BCUT2D eigenvalue weighted by atomic mass is 10.9. The Balaban J connectivity index is 4.41. The van der Waals surface area contributed by atoms with Crippen molar-refractivity contribution in [3.05, 3.63) is 0 Å². The fourth-order valence-corrected chi connectivity index (χ4v) is 1.27. The number of nitrogens with zero attached hydrogens (tertiary/aromatic N) is 2. The van der Waals surface area contributed by atoms with Gasteiger partial charge in [0, 0.05) is 28.2 Å². The first-order valence-corrected chi connectivity index (χ1v) is 4.46. The highest BCUT2D eigenvalue weighted by molar-refractivity contribution is 8.13. The molecule has 12 heavy (non-hydrogen) atoms. The topological polar surface area (TPSA) is 71.2 Å². The molecule has 0 fully saturated rings. The van der Waals surface area contributed by atoms with E-state index in [1.54, 1.807) is 28.2 Å². The fourth-order valence-electron chi connectivity index (χ4n) is 0.423. The van der Waals surface area contributed by atoms with Crippen LogP contribution in [0.4, 0.5) is 0 Å². The van der Waals surface area contributed by atoms with E-state index in [0.717, 1.165) is 0 Å². The third-order valence-corrected chi connectivity index (χ3v) is 2.60. The largest absolute Gasteiger partial charge is 0.355 e. The van der Waals surface area contributed by atoms with Crippen molar-refractivity contribution in [3.63, 3.8) is 0 Å². The lowest BCUT2D eigenvalue weighted by Gasteiger charge is -2.16. The Kier molecular flexibility index (Phi) is 3.88. The molecule has 70 valence electrons. The fraction of sp³-hybridized carbons (Fsp3) is 0.667. The molecular weight excluding hydrogens is 176 g/mol. The van der Waals surface area contributed by atoms with Crippen molar-refractivity contribution in [2.24, 2.45) is 0 Å². The summed E-state index contributed by atoms with van der Waals surface area (Å²) in [5.74, 6) is 0. The van der Waals surface area contributed by atoms with Crippen molar-refractivity contribution in [1.29, 1.82) is 10.8 Å². The summed E-state index contributed by atoms with van der Waals surface area (Å²) in [5, 5.41) is 14.5. The normalized spacial score (nSPS) is 12.0. The van der Waals surface area contributed by atoms with E-state index in [1.807, 2.05) is 0 Å². The third-order valence-electron chi connectivity index (χ3n) is 1.16. The summed E-state index contributed by atoms with van der Waals surface area (Å²) in [7, 11) is 4.86. The number of hydrogen-bond acceptors (Lipinski definition) is 3. The number of amidine groups is 2. The van der Waals surface area contributed by atoms with E-state index in [0.29, 0.717) is 0 Å². The molecule has 6 heteroatoms. The molecule has 5 nitrogen and oxygen atoms in total. The molecule has 0 bridgehead atoms. The van der Waals surface area contributed by atoms with Gasteiger partial charge in [-0.25, -0.2) is 4.21 Å². The van der Waals surface area contributed by atoms with Crippen molar-refractivity contribution in [2.75, 3.05) is 28.2 Å². The quantitative estimate of drug-likeness (QED) is 0.408. The number of hydrogen-bond donors (Lipinski definition) is 2. The molecule has 0 saturated carbocycles. The zero-order valence-corrected chi connectivity index (χ0v) is 8.53. The minimum Gasteiger partial charge on any atom is -0.355 e.